The molecule has 2 heterocycles. The number of piperidine rings is 1. The van der Waals surface area contributed by atoms with E-state index >= 15 is 0 Å². The Morgan fingerprint density at radius 3 is 2.03 bits per heavy atom. The SMILES string of the molecule is CCOc1ccc(S(=O)(=O)N2CCN(C(=O)C3CCN(S(N)(=O)=O)CC3)CC2)cc1. The van der Waals surface area contributed by atoms with Crippen LogP contribution in [-0.4, -0.2) is 82.1 Å². The van der Waals surface area contributed by atoms with Crippen molar-refractivity contribution >= 4 is 26.1 Å². The van der Waals surface area contributed by atoms with Gasteiger partial charge in [0.1, 0.15) is 5.75 Å². The van der Waals surface area contributed by atoms with Crippen LogP contribution < -0.4 is 9.88 Å². The quantitative estimate of drug-likeness (QED) is 0.627. The van der Waals surface area contributed by atoms with Crippen LogP contribution in [0.5, 0.6) is 5.75 Å². The fourth-order valence-electron chi connectivity index (χ4n) is 3.79. The maximum atomic E-state index is 12.9. The summed E-state index contributed by atoms with van der Waals surface area (Å²) in [4.78, 5) is 14.6. The van der Waals surface area contributed by atoms with Crippen LogP contribution in [0.3, 0.4) is 0 Å². The number of ether oxygens (including phenoxy) is 1. The van der Waals surface area contributed by atoms with Crippen molar-refractivity contribution in [2.75, 3.05) is 45.9 Å². The third-order valence-corrected chi connectivity index (χ3v) is 8.48. The molecule has 2 aliphatic heterocycles. The van der Waals surface area contributed by atoms with Crippen molar-refractivity contribution in [1.82, 2.24) is 13.5 Å². The minimum absolute atomic E-state index is 0.0535. The zero-order valence-corrected chi connectivity index (χ0v) is 18.6. The Morgan fingerprint density at radius 1 is 0.967 bits per heavy atom. The molecule has 0 radical (unpaired) electrons. The lowest BCUT2D eigenvalue weighted by Gasteiger charge is -2.37. The minimum atomic E-state index is -3.73. The summed E-state index contributed by atoms with van der Waals surface area (Å²) in [5.74, 6) is 0.291. The summed E-state index contributed by atoms with van der Waals surface area (Å²) in [6, 6.07) is 6.31. The van der Waals surface area contributed by atoms with Gasteiger partial charge in [-0.05, 0) is 44.0 Å². The molecule has 168 valence electrons. The first kappa shape index (κ1) is 22.9. The van der Waals surface area contributed by atoms with Crippen LogP contribution in [0.4, 0.5) is 0 Å². The van der Waals surface area contributed by atoms with Crippen LogP contribution >= 0.6 is 0 Å². The molecule has 0 unspecified atom stereocenters. The number of benzene rings is 1. The van der Waals surface area contributed by atoms with Gasteiger partial charge < -0.3 is 9.64 Å². The zero-order chi connectivity index (χ0) is 21.9. The Balaban J connectivity index is 1.56. The molecule has 1 amide bonds. The lowest BCUT2D eigenvalue weighted by molar-refractivity contribution is -0.137. The molecular formula is C18H28N4O6S2. The van der Waals surface area contributed by atoms with Gasteiger partial charge >= 0.3 is 0 Å². The van der Waals surface area contributed by atoms with Crippen LogP contribution in [0.2, 0.25) is 0 Å². The monoisotopic (exact) mass is 460 g/mol. The fourth-order valence-corrected chi connectivity index (χ4v) is 5.93. The Labute approximate surface area is 177 Å². The van der Waals surface area contributed by atoms with Crippen molar-refractivity contribution in [3.05, 3.63) is 24.3 Å². The molecule has 12 heteroatoms. The summed E-state index contributed by atoms with van der Waals surface area (Å²) in [7, 11) is -7.37. The fraction of sp³-hybridized carbons (Fsp3) is 0.611. The highest BCUT2D eigenvalue weighted by Crippen LogP contribution is 2.24. The molecule has 0 bridgehead atoms. The van der Waals surface area contributed by atoms with Gasteiger partial charge in [-0.1, -0.05) is 0 Å². The van der Waals surface area contributed by atoms with Crippen molar-refractivity contribution in [3.63, 3.8) is 0 Å². The maximum Gasteiger partial charge on any atom is 0.276 e. The molecule has 1 aromatic rings. The van der Waals surface area contributed by atoms with E-state index in [2.05, 4.69) is 0 Å². The Bertz CT molecular complexity index is 949. The molecule has 0 aliphatic carbocycles. The van der Waals surface area contributed by atoms with E-state index in [1.54, 1.807) is 17.0 Å². The van der Waals surface area contributed by atoms with Crippen LogP contribution in [0.1, 0.15) is 19.8 Å². The zero-order valence-electron chi connectivity index (χ0n) is 16.9. The molecule has 2 N–H and O–H groups in total. The predicted octanol–water partition coefficient (Wildman–Crippen LogP) is -0.166. The van der Waals surface area contributed by atoms with Crippen molar-refractivity contribution in [2.45, 2.75) is 24.7 Å². The second kappa shape index (κ2) is 9.18. The van der Waals surface area contributed by atoms with E-state index in [9.17, 15) is 21.6 Å². The van der Waals surface area contributed by atoms with E-state index in [0.29, 0.717) is 38.3 Å². The lowest BCUT2D eigenvalue weighted by atomic mass is 9.96. The largest absolute Gasteiger partial charge is 0.494 e. The number of nitrogens with two attached hydrogens (primary N) is 1. The molecular weight excluding hydrogens is 432 g/mol. The molecule has 0 atom stereocenters. The molecule has 1 aromatic carbocycles. The Morgan fingerprint density at radius 2 is 1.53 bits per heavy atom. The summed E-state index contributed by atoms with van der Waals surface area (Å²) >= 11 is 0. The molecule has 0 saturated carbocycles. The molecule has 0 spiro atoms. The molecule has 2 saturated heterocycles. The predicted molar refractivity (Wildman–Crippen MR) is 110 cm³/mol. The second-order valence-electron chi connectivity index (χ2n) is 7.35. The van der Waals surface area contributed by atoms with Gasteiger partial charge in [0.2, 0.25) is 15.9 Å². The number of carbonyl (C=O) groups excluding carboxylic acids is 1. The third-order valence-electron chi connectivity index (χ3n) is 5.49. The van der Waals surface area contributed by atoms with Gasteiger partial charge in [-0.15, -0.1) is 0 Å². The molecule has 2 aliphatic rings. The Hall–Kier alpha value is -1.73. The molecule has 30 heavy (non-hydrogen) atoms. The maximum absolute atomic E-state index is 12.9. The number of nitrogens with zero attached hydrogens (tertiary/aromatic N) is 3. The van der Waals surface area contributed by atoms with Crippen molar-refractivity contribution in [2.24, 2.45) is 11.1 Å². The molecule has 0 aromatic heterocycles. The van der Waals surface area contributed by atoms with E-state index in [1.165, 1.54) is 20.7 Å². The summed E-state index contributed by atoms with van der Waals surface area (Å²) in [5, 5.41) is 5.14. The van der Waals surface area contributed by atoms with Crippen LogP contribution in [0, 0.1) is 5.92 Å². The van der Waals surface area contributed by atoms with Gasteiger partial charge in [-0.3, -0.25) is 4.79 Å². The smallest absolute Gasteiger partial charge is 0.276 e. The standard InChI is InChI=1S/C18H28N4O6S2/c1-2-28-16-3-5-17(6-4-16)29(24,25)21-13-11-20(12-14-21)18(23)15-7-9-22(10-8-15)30(19,26)27/h3-6,15H,2,7-14H2,1H3,(H2,19,26,27). The molecule has 10 nitrogen and oxygen atoms in total. The van der Waals surface area contributed by atoms with Crippen LogP contribution in [0.15, 0.2) is 29.2 Å². The van der Waals surface area contributed by atoms with Crippen molar-refractivity contribution in [3.8, 4) is 5.75 Å². The number of sulfonamides is 1. The van der Waals surface area contributed by atoms with E-state index < -0.39 is 20.2 Å². The Kier molecular flexibility index (Phi) is 7.02. The van der Waals surface area contributed by atoms with Crippen molar-refractivity contribution in [1.29, 1.82) is 0 Å². The highest BCUT2D eigenvalue weighted by molar-refractivity contribution is 7.89. The van der Waals surface area contributed by atoms with Crippen LogP contribution in [-0.2, 0) is 25.0 Å². The van der Waals surface area contributed by atoms with Gasteiger partial charge in [0.25, 0.3) is 10.2 Å². The summed E-state index contributed by atoms with van der Waals surface area (Å²) in [6.45, 7) is 3.87. The summed E-state index contributed by atoms with van der Waals surface area (Å²) in [6.07, 6.45) is 0.833. The number of rotatable bonds is 6. The number of hydrogen-bond acceptors (Lipinski definition) is 6. The minimum Gasteiger partial charge on any atom is -0.494 e. The third kappa shape index (κ3) is 5.11. The normalized spacial score (nSPS) is 20.3. The van der Waals surface area contributed by atoms with E-state index in [1.807, 2.05) is 6.92 Å². The van der Waals surface area contributed by atoms with E-state index in [4.69, 9.17) is 9.88 Å². The van der Waals surface area contributed by atoms with Gasteiger partial charge in [0, 0.05) is 45.2 Å². The number of amides is 1. The highest BCUT2D eigenvalue weighted by Gasteiger charge is 2.35. The summed E-state index contributed by atoms with van der Waals surface area (Å²) in [5.41, 5.74) is 0. The van der Waals surface area contributed by atoms with Gasteiger partial charge in [0.15, 0.2) is 0 Å². The van der Waals surface area contributed by atoms with Gasteiger partial charge in [-0.2, -0.15) is 17.0 Å². The topological polar surface area (TPSA) is 130 Å². The highest BCUT2D eigenvalue weighted by atomic mass is 32.2. The molecule has 3 rings (SSSR count). The van der Waals surface area contributed by atoms with E-state index in [0.717, 1.165) is 0 Å². The van der Waals surface area contributed by atoms with Gasteiger partial charge in [-0.25, -0.2) is 13.6 Å². The van der Waals surface area contributed by atoms with Crippen LogP contribution in [0.25, 0.3) is 0 Å². The number of piperazine rings is 1. The first-order chi connectivity index (χ1) is 14.1. The first-order valence-corrected chi connectivity index (χ1v) is 12.9. The first-order valence-electron chi connectivity index (χ1n) is 9.92. The average molecular weight is 461 g/mol. The number of carbonyl (C=O) groups is 1. The summed E-state index contributed by atoms with van der Waals surface area (Å²) < 4.78 is 56.5. The average Bonchev–Trinajstić information content (AvgIpc) is 2.73. The molecule has 2 fully saturated rings. The van der Waals surface area contributed by atoms with Crippen molar-refractivity contribution < 1.29 is 26.4 Å². The number of hydrogen-bond donors (Lipinski definition) is 1. The second-order valence-corrected chi connectivity index (χ2v) is 10.8. The van der Waals surface area contributed by atoms with Gasteiger partial charge in [0.05, 0.1) is 11.5 Å². The van der Waals surface area contributed by atoms with E-state index in [-0.39, 0.29) is 42.9 Å². The lowest BCUT2D eigenvalue weighted by Crippen LogP contribution is -2.53.